The molecule has 0 amide bonds. The van der Waals surface area contributed by atoms with Gasteiger partial charge in [0.2, 0.25) is 0 Å². The van der Waals surface area contributed by atoms with Crippen LogP contribution in [0.15, 0.2) is 36.5 Å². The third kappa shape index (κ3) is 33.1. The maximum atomic E-state index is 12.1. The zero-order valence-electron chi connectivity index (χ0n) is 28.0. The number of aliphatic hydroxyl groups is 1. The lowest BCUT2D eigenvalue weighted by molar-refractivity contribution is -0.154. The van der Waals surface area contributed by atoms with E-state index in [1.54, 1.807) is 0 Å². The number of allylic oxidation sites excluding steroid dienone is 6. The Bertz CT molecular complexity index is 625. The van der Waals surface area contributed by atoms with Crippen molar-refractivity contribution in [2.24, 2.45) is 0 Å². The summed E-state index contributed by atoms with van der Waals surface area (Å²) in [7, 11) is 0. The summed E-state index contributed by atoms with van der Waals surface area (Å²) in [5.74, 6) is -0.218. The minimum Gasteiger partial charge on any atom is -0.457 e. The van der Waals surface area contributed by atoms with Gasteiger partial charge in [-0.15, -0.1) is 0 Å². The third-order valence-corrected chi connectivity index (χ3v) is 7.67. The van der Waals surface area contributed by atoms with Gasteiger partial charge in [-0.25, -0.2) is 0 Å². The van der Waals surface area contributed by atoms with E-state index in [0.717, 1.165) is 38.5 Å². The van der Waals surface area contributed by atoms with Gasteiger partial charge in [-0.3, -0.25) is 4.79 Å². The maximum Gasteiger partial charge on any atom is 0.306 e. The Labute approximate surface area is 261 Å². The molecule has 0 bridgehead atoms. The molecule has 4 nitrogen and oxygen atoms in total. The number of carbonyl (C=O) groups excluding carboxylic acids is 1. The van der Waals surface area contributed by atoms with E-state index in [4.69, 9.17) is 9.47 Å². The van der Waals surface area contributed by atoms with Gasteiger partial charge in [0, 0.05) is 13.0 Å². The molecule has 0 spiro atoms. The highest BCUT2D eigenvalue weighted by molar-refractivity contribution is 5.69. The van der Waals surface area contributed by atoms with Crippen LogP contribution in [0.5, 0.6) is 0 Å². The van der Waals surface area contributed by atoms with Crippen LogP contribution in [0.2, 0.25) is 0 Å². The second-order valence-electron chi connectivity index (χ2n) is 11.9. The number of hydrogen-bond acceptors (Lipinski definition) is 4. The van der Waals surface area contributed by atoms with Gasteiger partial charge in [-0.1, -0.05) is 140 Å². The smallest absolute Gasteiger partial charge is 0.306 e. The minimum atomic E-state index is -0.542. The summed E-state index contributed by atoms with van der Waals surface area (Å²) < 4.78 is 11.1. The number of hydrogen-bond donors (Lipinski definition) is 1. The Morgan fingerprint density at radius 3 is 1.60 bits per heavy atom. The van der Waals surface area contributed by atoms with Crippen LogP contribution in [-0.4, -0.2) is 37.0 Å². The molecule has 1 N–H and O–H groups in total. The van der Waals surface area contributed by atoms with Gasteiger partial charge in [0.15, 0.2) is 0 Å². The molecule has 42 heavy (non-hydrogen) atoms. The average Bonchev–Trinajstić information content (AvgIpc) is 3.00. The summed E-state index contributed by atoms with van der Waals surface area (Å²) in [6.07, 6.45) is 43.2. The minimum absolute atomic E-state index is 0.179. The quantitative estimate of drug-likeness (QED) is 0.0469. The second-order valence-corrected chi connectivity index (χ2v) is 11.9. The Kier molecular flexibility index (Phi) is 34.6. The fourth-order valence-corrected chi connectivity index (χ4v) is 4.95. The Balaban J connectivity index is 3.46. The standard InChI is InChI=1S/C38H70O4/c1-3-5-7-9-11-13-15-17-18-19-20-22-24-26-28-30-32-34-41-36-37(35-39)42-38(40)33-31-29-27-25-23-21-16-14-12-10-8-6-4-2/h8,10,14,16,18-19,37,39H,3-7,9,11-13,15,17,20-36H2,1-2H3/b10-8-,16-14-,19-18-. The SMILES string of the molecule is CCC/C=C\C/C=C\CCCCCCCC(=O)OC(CO)COCCCCCCCC/C=C\CCCCCCCCC. The van der Waals surface area contributed by atoms with Crippen LogP contribution in [0, 0.1) is 0 Å². The van der Waals surface area contributed by atoms with Gasteiger partial charge in [0.1, 0.15) is 6.10 Å². The molecule has 0 aliphatic carbocycles. The molecule has 1 unspecified atom stereocenters. The molecule has 0 aliphatic rings. The molecule has 0 radical (unpaired) electrons. The van der Waals surface area contributed by atoms with Crippen LogP contribution >= 0.6 is 0 Å². The molecule has 0 aromatic rings. The summed E-state index contributed by atoms with van der Waals surface area (Å²) in [5, 5.41) is 9.54. The van der Waals surface area contributed by atoms with E-state index in [1.807, 2.05) is 0 Å². The number of rotatable bonds is 33. The van der Waals surface area contributed by atoms with Gasteiger partial charge in [-0.05, 0) is 64.2 Å². The van der Waals surface area contributed by atoms with Crippen molar-refractivity contribution in [3.8, 4) is 0 Å². The lowest BCUT2D eigenvalue weighted by atomic mass is 10.1. The van der Waals surface area contributed by atoms with Crippen LogP contribution in [0.25, 0.3) is 0 Å². The monoisotopic (exact) mass is 591 g/mol. The van der Waals surface area contributed by atoms with E-state index in [-0.39, 0.29) is 19.2 Å². The predicted molar refractivity (Wildman–Crippen MR) is 182 cm³/mol. The molecular weight excluding hydrogens is 520 g/mol. The van der Waals surface area contributed by atoms with Crippen molar-refractivity contribution in [3.05, 3.63) is 36.5 Å². The second kappa shape index (κ2) is 35.8. The maximum absolute atomic E-state index is 12.1. The first-order chi connectivity index (χ1) is 20.7. The highest BCUT2D eigenvalue weighted by Crippen LogP contribution is 2.12. The van der Waals surface area contributed by atoms with E-state index in [0.29, 0.717) is 13.0 Å². The largest absolute Gasteiger partial charge is 0.457 e. The van der Waals surface area contributed by atoms with Crippen LogP contribution in [0.3, 0.4) is 0 Å². The number of esters is 1. The summed E-state index contributed by atoms with van der Waals surface area (Å²) in [6.45, 7) is 5.25. The fraction of sp³-hybridized carbons (Fsp3) is 0.816. The molecule has 246 valence electrons. The molecule has 0 aliphatic heterocycles. The number of carbonyl (C=O) groups is 1. The average molecular weight is 591 g/mol. The highest BCUT2D eigenvalue weighted by atomic mass is 16.6. The zero-order chi connectivity index (χ0) is 30.6. The van der Waals surface area contributed by atoms with Crippen LogP contribution < -0.4 is 0 Å². The Morgan fingerprint density at radius 1 is 0.571 bits per heavy atom. The summed E-state index contributed by atoms with van der Waals surface area (Å²) >= 11 is 0. The lowest BCUT2D eigenvalue weighted by Gasteiger charge is -2.15. The molecule has 0 rings (SSSR count). The van der Waals surface area contributed by atoms with Gasteiger partial charge in [0.25, 0.3) is 0 Å². The first-order valence-electron chi connectivity index (χ1n) is 18.1. The molecule has 1 atom stereocenters. The molecule has 0 saturated carbocycles. The van der Waals surface area contributed by atoms with E-state index in [9.17, 15) is 9.90 Å². The molecule has 0 aromatic carbocycles. The van der Waals surface area contributed by atoms with Gasteiger partial charge in [0.05, 0.1) is 13.2 Å². The molecular formula is C38H70O4. The Hall–Kier alpha value is -1.39. The predicted octanol–water partition coefficient (Wildman–Crippen LogP) is 11.4. The zero-order valence-corrected chi connectivity index (χ0v) is 28.0. The van der Waals surface area contributed by atoms with Gasteiger partial charge >= 0.3 is 5.97 Å². The number of ether oxygens (including phenoxy) is 2. The molecule has 0 heterocycles. The van der Waals surface area contributed by atoms with Crippen molar-refractivity contribution in [3.63, 3.8) is 0 Å². The normalized spacial score (nSPS) is 12.7. The van der Waals surface area contributed by atoms with Crippen LogP contribution in [0.4, 0.5) is 0 Å². The third-order valence-electron chi connectivity index (χ3n) is 7.67. The lowest BCUT2D eigenvalue weighted by Crippen LogP contribution is -2.27. The molecule has 0 aromatic heterocycles. The number of aliphatic hydroxyl groups excluding tert-OH is 1. The van der Waals surface area contributed by atoms with Crippen molar-refractivity contribution in [1.82, 2.24) is 0 Å². The topological polar surface area (TPSA) is 55.8 Å². The summed E-state index contributed by atoms with van der Waals surface area (Å²) in [5.41, 5.74) is 0. The van der Waals surface area contributed by atoms with Crippen LogP contribution in [0.1, 0.15) is 174 Å². The van der Waals surface area contributed by atoms with Crippen molar-refractivity contribution in [2.45, 2.75) is 180 Å². The van der Waals surface area contributed by atoms with Crippen molar-refractivity contribution >= 4 is 5.97 Å². The molecule has 4 heteroatoms. The summed E-state index contributed by atoms with van der Waals surface area (Å²) in [4.78, 5) is 12.1. The van der Waals surface area contributed by atoms with E-state index < -0.39 is 6.10 Å². The van der Waals surface area contributed by atoms with Crippen LogP contribution in [-0.2, 0) is 14.3 Å². The summed E-state index contributed by atoms with van der Waals surface area (Å²) in [6, 6.07) is 0. The van der Waals surface area contributed by atoms with Gasteiger partial charge in [-0.2, -0.15) is 0 Å². The van der Waals surface area contributed by atoms with E-state index in [2.05, 4.69) is 50.3 Å². The van der Waals surface area contributed by atoms with Crippen molar-refractivity contribution < 1.29 is 19.4 Å². The number of unbranched alkanes of at least 4 members (excludes halogenated alkanes) is 19. The Morgan fingerprint density at radius 2 is 1.05 bits per heavy atom. The van der Waals surface area contributed by atoms with E-state index >= 15 is 0 Å². The van der Waals surface area contributed by atoms with Crippen molar-refractivity contribution in [2.75, 3.05) is 19.8 Å². The highest BCUT2D eigenvalue weighted by Gasteiger charge is 2.13. The van der Waals surface area contributed by atoms with Gasteiger partial charge < -0.3 is 14.6 Å². The first kappa shape index (κ1) is 40.6. The first-order valence-corrected chi connectivity index (χ1v) is 18.1. The molecule has 0 saturated heterocycles. The molecule has 0 fully saturated rings. The van der Waals surface area contributed by atoms with E-state index in [1.165, 1.54) is 116 Å². The fourth-order valence-electron chi connectivity index (χ4n) is 4.95. The van der Waals surface area contributed by atoms with Crippen molar-refractivity contribution in [1.29, 1.82) is 0 Å².